The highest BCUT2D eigenvalue weighted by Gasteiger charge is 2.33. The Kier molecular flexibility index (Phi) is 2.61. The van der Waals surface area contributed by atoms with E-state index >= 15 is 0 Å². The van der Waals surface area contributed by atoms with Gasteiger partial charge in [-0.25, -0.2) is 0 Å². The lowest BCUT2D eigenvalue weighted by Gasteiger charge is -2.22. The minimum atomic E-state index is -0.234. The largest absolute Gasteiger partial charge is 0.398 e. The molecule has 0 saturated carbocycles. The number of nitrogen functional groups attached to an aromatic ring is 2. The molecule has 0 aromatic heterocycles. The van der Waals surface area contributed by atoms with Crippen molar-refractivity contribution in [3.05, 3.63) is 58.1 Å². The van der Waals surface area contributed by atoms with Crippen molar-refractivity contribution in [3.63, 3.8) is 0 Å². The van der Waals surface area contributed by atoms with Crippen molar-refractivity contribution in [2.24, 2.45) is 0 Å². The van der Waals surface area contributed by atoms with Crippen LogP contribution in [0.2, 0.25) is 0 Å². The molecule has 0 spiro atoms. The van der Waals surface area contributed by atoms with Gasteiger partial charge in [-0.1, -0.05) is 31.2 Å². The van der Waals surface area contributed by atoms with Gasteiger partial charge in [-0.2, -0.15) is 0 Å². The second-order valence-electron chi connectivity index (χ2n) is 4.85. The van der Waals surface area contributed by atoms with Crippen LogP contribution in [0.1, 0.15) is 44.3 Å². The van der Waals surface area contributed by atoms with E-state index in [1.54, 1.807) is 30.3 Å². The molecule has 0 amide bonds. The summed E-state index contributed by atoms with van der Waals surface area (Å²) in [5, 5.41) is 0. The maximum atomic E-state index is 12.6. The van der Waals surface area contributed by atoms with Crippen molar-refractivity contribution in [3.8, 4) is 0 Å². The predicted octanol–water partition coefficient (Wildman–Crippen LogP) is 2.19. The standard InChI is InChI=1S/C16H14N2O2/c1-2-8-7-11(17)12-13(14(8)18)16(20)10-6-4-3-5-9(10)15(12)19/h3-7H,2,17-18H2,1H3. The summed E-state index contributed by atoms with van der Waals surface area (Å²) in [6.45, 7) is 1.93. The van der Waals surface area contributed by atoms with Crippen molar-refractivity contribution >= 4 is 22.9 Å². The van der Waals surface area contributed by atoms with Gasteiger partial charge < -0.3 is 11.5 Å². The Balaban J connectivity index is 2.39. The summed E-state index contributed by atoms with van der Waals surface area (Å²) in [7, 11) is 0. The van der Waals surface area contributed by atoms with E-state index in [1.165, 1.54) is 0 Å². The van der Waals surface area contributed by atoms with Crippen molar-refractivity contribution in [1.82, 2.24) is 0 Å². The lowest BCUT2D eigenvalue weighted by molar-refractivity contribution is 0.0980. The van der Waals surface area contributed by atoms with E-state index < -0.39 is 0 Å². The van der Waals surface area contributed by atoms with Crippen LogP contribution in [0.25, 0.3) is 0 Å². The number of aryl methyl sites for hydroxylation is 1. The summed E-state index contributed by atoms with van der Waals surface area (Å²) < 4.78 is 0. The van der Waals surface area contributed by atoms with Crippen molar-refractivity contribution < 1.29 is 9.59 Å². The number of carbonyl (C=O) groups is 2. The van der Waals surface area contributed by atoms with Gasteiger partial charge in [-0.3, -0.25) is 9.59 Å². The van der Waals surface area contributed by atoms with Crippen molar-refractivity contribution in [1.29, 1.82) is 0 Å². The van der Waals surface area contributed by atoms with Crippen LogP contribution in [0.15, 0.2) is 30.3 Å². The molecule has 3 rings (SSSR count). The van der Waals surface area contributed by atoms with Gasteiger partial charge in [0.25, 0.3) is 0 Å². The average molecular weight is 266 g/mol. The fourth-order valence-corrected chi connectivity index (χ4v) is 2.70. The monoisotopic (exact) mass is 266 g/mol. The SMILES string of the molecule is CCc1cc(N)c2c(c1N)C(=O)c1ccccc1C2=O. The van der Waals surface area contributed by atoms with Gasteiger partial charge in [-0.15, -0.1) is 0 Å². The summed E-state index contributed by atoms with van der Waals surface area (Å²) >= 11 is 0. The number of fused-ring (bicyclic) bond motifs is 2. The van der Waals surface area contributed by atoms with Crippen LogP contribution >= 0.6 is 0 Å². The summed E-state index contributed by atoms with van der Waals surface area (Å²) in [6, 6.07) is 8.44. The summed E-state index contributed by atoms with van der Waals surface area (Å²) in [5.74, 6) is -0.461. The number of anilines is 2. The highest BCUT2D eigenvalue weighted by Crippen LogP contribution is 2.36. The quantitative estimate of drug-likeness (QED) is 0.661. The van der Waals surface area contributed by atoms with Gasteiger partial charge in [0.1, 0.15) is 0 Å². The fourth-order valence-electron chi connectivity index (χ4n) is 2.70. The van der Waals surface area contributed by atoms with Gasteiger partial charge >= 0.3 is 0 Å². The van der Waals surface area contributed by atoms with Crippen LogP contribution in [0.3, 0.4) is 0 Å². The first-order chi connectivity index (χ1) is 9.56. The average Bonchev–Trinajstić information content (AvgIpc) is 2.46. The van der Waals surface area contributed by atoms with E-state index in [4.69, 9.17) is 11.5 Å². The molecule has 4 heteroatoms. The van der Waals surface area contributed by atoms with Gasteiger partial charge in [0.2, 0.25) is 0 Å². The zero-order valence-corrected chi connectivity index (χ0v) is 11.1. The topological polar surface area (TPSA) is 86.2 Å². The molecule has 20 heavy (non-hydrogen) atoms. The highest BCUT2D eigenvalue weighted by atomic mass is 16.1. The number of hydrogen-bond donors (Lipinski definition) is 2. The second-order valence-corrected chi connectivity index (χ2v) is 4.85. The van der Waals surface area contributed by atoms with Crippen LogP contribution in [-0.4, -0.2) is 11.6 Å². The molecule has 4 N–H and O–H groups in total. The first-order valence-corrected chi connectivity index (χ1v) is 6.45. The molecule has 100 valence electrons. The third-order valence-corrected chi connectivity index (χ3v) is 3.74. The predicted molar refractivity (Wildman–Crippen MR) is 78.0 cm³/mol. The summed E-state index contributed by atoms with van der Waals surface area (Å²) in [5.41, 5.74) is 14.8. The molecule has 1 aliphatic rings. The zero-order valence-electron chi connectivity index (χ0n) is 11.1. The molecule has 0 bridgehead atoms. The maximum Gasteiger partial charge on any atom is 0.196 e. The van der Waals surface area contributed by atoms with Gasteiger partial charge in [0.05, 0.1) is 11.1 Å². The van der Waals surface area contributed by atoms with E-state index in [0.717, 1.165) is 5.56 Å². The smallest absolute Gasteiger partial charge is 0.196 e. The van der Waals surface area contributed by atoms with E-state index in [1.807, 2.05) is 6.92 Å². The number of carbonyl (C=O) groups excluding carboxylic acids is 2. The Morgan fingerprint density at radius 1 is 0.950 bits per heavy atom. The highest BCUT2D eigenvalue weighted by molar-refractivity contribution is 6.31. The lowest BCUT2D eigenvalue weighted by Crippen LogP contribution is -2.24. The van der Waals surface area contributed by atoms with Gasteiger partial charge in [0, 0.05) is 22.5 Å². The van der Waals surface area contributed by atoms with Gasteiger partial charge in [-0.05, 0) is 18.1 Å². The third kappa shape index (κ3) is 1.48. The van der Waals surface area contributed by atoms with Crippen LogP contribution in [0.4, 0.5) is 11.4 Å². The number of ketones is 2. The molecule has 4 nitrogen and oxygen atoms in total. The molecule has 2 aromatic carbocycles. The van der Waals surface area contributed by atoms with Crippen molar-refractivity contribution in [2.75, 3.05) is 11.5 Å². The molecule has 0 aliphatic heterocycles. The molecule has 0 unspecified atom stereocenters. The molecular formula is C16H14N2O2. The zero-order chi connectivity index (χ0) is 14.4. The number of rotatable bonds is 1. The van der Waals surface area contributed by atoms with Crippen LogP contribution < -0.4 is 11.5 Å². The summed E-state index contributed by atoms with van der Waals surface area (Å²) in [4.78, 5) is 25.1. The Morgan fingerprint density at radius 3 is 2.05 bits per heavy atom. The Labute approximate surface area is 116 Å². The lowest BCUT2D eigenvalue weighted by atomic mass is 9.81. The molecule has 2 aromatic rings. The van der Waals surface area contributed by atoms with E-state index in [9.17, 15) is 9.59 Å². The fraction of sp³-hybridized carbons (Fsp3) is 0.125. The van der Waals surface area contributed by atoms with Crippen molar-refractivity contribution in [2.45, 2.75) is 13.3 Å². The van der Waals surface area contributed by atoms with E-state index in [0.29, 0.717) is 28.9 Å². The molecule has 0 heterocycles. The molecule has 0 radical (unpaired) electrons. The Morgan fingerprint density at radius 2 is 1.50 bits per heavy atom. The first kappa shape index (κ1) is 12.4. The third-order valence-electron chi connectivity index (χ3n) is 3.74. The normalized spacial score (nSPS) is 13.1. The maximum absolute atomic E-state index is 12.6. The number of nitrogens with two attached hydrogens (primary N) is 2. The van der Waals surface area contributed by atoms with Crippen LogP contribution in [0, 0.1) is 0 Å². The van der Waals surface area contributed by atoms with Crippen LogP contribution in [-0.2, 0) is 6.42 Å². The Bertz CT molecular complexity index is 763. The Hall–Kier alpha value is -2.62. The molecule has 0 fully saturated rings. The minimum Gasteiger partial charge on any atom is -0.398 e. The molecular weight excluding hydrogens is 252 g/mol. The van der Waals surface area contributed by atoms with Gasteiger partial charge in [0.15, 0.2) is 11.6 Å². The second kappa shape index (κ2) is 4.20. The molecule has 1 aliphatic carbocycles. The molecule has 0 atom stereocenters. The number of hydrogen-bond acceptors (Lipinski definition) is 4. The first-order valence-electron chi connectivity index (χ1n) is 6.45. The summed E-state index contributed by atoms with van der Waals surface area (Å²) in [6.07, 6.45) is 0.659. The molecule has 0 saturated heterocycles. The number of benzene rings is 2. The van der Waals surface area contributed by atoms with E-state index in [2.05, 4.69) is 0 Å². The minimum absolute atomic E-state index is 0.227. The van der Waals surface area contributed by atoms with E-state index in [-0.39, 0.29) is 22.7 Å². The van der Waals surface area contributed by atoms with Crippen LogP contribution in [0.5, 0.6) is 0 Å².